The lowest BCUT2D eigenvalue weighted by molar-refractivity contribution is -0.253. The molecule has 0 aromatic rings. The first-order valence-corrected chi connectivity index (χ1v) is 5.73. The van der Waals surface area contributed by atoms with Gasteiger partial charge in [-0.25, -0.2) is 0 Å². The number of rotatable bonds is 2. The molecule has 2 saturated heterocycles. The third kappa shape index (κ3) is 2.65. The molecule has 2 amide bonds. The number of likely N-dealkylation sites (tertiary alicyclic amines) is 1. The van der Waals surface area contributed by atoms with Gasteiger partial charge >= 0.3 is 0 Å². The van der Waals surface area contributed by atoms with Crippen LogP contribution in [0.15, 0.2) is 0 Å². The van der Waals surface area contributed by atoms with Crippen LogP contribution in [0.25, 0.3) is 0 Å². The summed E-state index contributed by atoms with van der Waals surface area (Å²) in [5.41, 5.74) is 0. The molecule has 6 nitrogen and oxygen atoms in total. The van der Waals surface area contributed by atoms with Crippen molar-refractivity contribution in [2.45, 2.75) is 38.1 Å². The molecule has 0 saturated carbocycles. The van der Waals surface area contributed by atoms with Crippen molar-refractivity contribution in [1.29, 1.82) is 0 Å². The first-order chi connectivity index (χ1) is 7.89. The summed E-state index contributed by atoms with van der Waals surface area (Å²) < 4.78 is 11.0. The third-order valence-corrected chi connectivity index (χ3v) is 3.08. The van der Waals surface area contributed by atoms with Crippen molar-refractivity contribution in [3.8, 4) is 0 Å². The Hall–Kier alpha value is -0.980. The molecule has 0 aromatic carbocycles. The lowest BCUT2D eigenvalue weighted by atomic mass is 10.2. The zero-order chi connectivity index (χ0) is 12.6. The van der Waals surface area contributed by atoms with E-state index in [-0.39, 0.29) is 24.3 Å². The minimum Gasteiger partial charge on any atom is -0.349 e. The number of hydrogen-bond acceptors (Lipinski definition) is 5. The van der Waals surface area contributed by atoms with Crippen molar-refractivity contribution in [1.82, 2.24) is 10.2 Å². The van der Waals surface area contributed by atoms with Gasteiger partial charge in [-0.2, -0.15) is 0 Å². The summed E-state index contributed by atoms with van der Waals surface area (Å²) in [7, 11) is 1.50. The van der Waals surface area contributed by atoms with Gasteiger partial charge in [0.05, 0.1) is 31.7 Å². The number of carbonyl (C=O) groups excluding carboxylic acids is 2. The van der Waals surface area contributed by atoms with Gasteiger partial charge in [0.2, 0.25) is 11.8 Å². The molecule has 2 aliphatic heterocycles. The summed E-state index contributed by atoms with van der Waals surface area (Å²) >= 11 is 0. The fraction of sp³-hybridized carbons (Fsp3) is 0.818. The van der Waals surface area contributed by atoms with Crippen molar-refractivity contribution >= 4 is 11.8 Å². The molecule has 2 rings (SSSR count). The Morgan fingerprint density at radius 3 is 2.35 bits per heavy atom. The SMILES string of the molecule is CN1C(=O)CC(NC2COC(C)(C)OC2)C1=O. The van der Waals surface area contributed by atoms with Gasteiger partial charge in [0, 0.05) is 7.05 Å². The summed E-state index contributed by atoms with van der Waals surface area (Å²) in [5, 5.41) is 3.10. The quantitative estimate of drug-likeness (QED) is 0.660. The monoisotopic (exact) mass is 242 g/mol. The fourth-order valence-corrected chi connectivity index (χ4v) is 1.96. The van der Waals surface area contributed by atoms with Crippen molar-refractivity contribution in [3.63, 3.8) is 0 Å². The zero-order valence-corrected chi connectivity index (χ0v) is 10.4. The first-order valence-electron chi connectivity index (χ1n) is 5.73. The Labute approximate surface area is 100 Å². The molecule has 6 heteroatoms. The lowest BCUT2D eigenvalue weighted by Gasteiger charge is -2.36. The molecule has 96 valence electrons. The molecule has 0 radical (unpaired) electrons. The maximum atomic E-state index is 11.7. The van der Waals surface area contributed by atoms with Gasteiger partial charge in [-0.15, -0.1) is 0 Å². The van der Waals surface area contributed by atoms with E-state index >= 15 is 0 Å². The predicted molar refractivity (Wildman–Crippen MR) is 59.1 cm³/mol. The van der Waals surface area contributed by atoms with Gasteiger partial charge in [-0.1, -0.05) is 0 Å². The van der Waals surface area contributed by atoms with Gasteiger partial charge in [0.15, 0.2) is 5.79 Å². The summed E-state index contributed by atoms with van der Waals surface area (Å²) in [6.45, 7) is 4.66. The molecule has 1 atom stereocenters. The van der Waals surface area contributed by atoms with Crippen LogP contribution in [0.2, 0.25) is 0 Å². The number of likely N-dealkylation sites (N-methyl/N-ethyl adjacent to an activating group) is 1. The predicted octanol–water partition coefficient (Wildman–Crippen LogP) is -0.515. The molecule has 0 aromatic heterocycles. The van der Waals surface area contributed by atoms with Gasteiger partial charge < -0.3 is 9.47 Å². The van der Waals surface area contributed by atoms with Gasteiger partial charge in [0.1, 0.15) is 0 Å². The van der Waals surface area contributed by atoms with Crippen LogP contribution in [-0.2, 0) is 19.1 Å². The van der Waals surface area contributed by atoms with E-state index < -0.39 is 11.8 Å². The molecule has 2 heterocycles. The Kier molecular flexibility index (Phi) is 3.20. The first kappa shape index (κ1) is 12.5. The second-order valence-electron chi connectivity index (χ2n) is 4.93. The summed E-state index contributed by atoms with van der Waals surface area (Å²) in [5.74, 6) is -0.893. The van der Waals surface area contributed by atoms with E-state index in [1.165, 1.54) is 7.05 Å². The highest BCUT2D eigenvalue weighted by Gasteiger charge is 2.38. The van der Waals surface area contributed by atoms with E-state index in [1.807, 2.05) is 13.8 Å². The van der Waals surface area contributed by atoms with E-state index in [0.29, 0.717) is 13.2 Å². The smallest absolute Gasteiger partial charge is 0.246 e. The standard InChI is InChI=1S/C11H18N2O4/c1-11(2)16-5-7(6-17-11)12-8-4-9(14)13(3)10(8)15/h7-8,12H,4-6H2,1-3H3. The molecule has 1 N–H and O–H groups in total. The summed E-state index contributed by atoms with van der Waals surface area (Å²) in [4.78, 5) is 24.2. The van der Waals surface area contributed by atoms with Crippen molar-refractivity contribution < 1.29 is 19.1 Å². The second-order valence-corrected chi connectivity index (χ2v) is 4.93. The highest BCUT2D eigenvalue weighted by molar-refractivity contribution is 6.05. The molecule has 0 spiro atoms. The lowest BCUT2D eigenvalue weighted by Crippen LogP contribution is -2.53. The van der Waals surface area contributed by atoms with Crippen LogP contribution in [0.5, 0.6) is 0 Å². The number of nitrogens with zero attached hydrogens (tertiary/aromatic N) is 1. The number of hydrogen-bond donors (Lipinski definition) is 1. The number of imide groups is 1. The normalized spacial score (nSPS) is 30.1. The van der Waals surface area contributed by atoms with Crippen LogP contribution < -0.4 is 5.32 Å². The Bertz CT molecular complexity index is 332. The van der Waals surface area contributed by atoms with E-state index in [1.54, 1.807) is 0 Å². The molecule has 17 heavy (non-hydrogen) atoms. The molecule has 2 aliphatic rings. The highest BCUT2D eigenvalue weighted by Crippen LogP contribution is 2.18. The van der Waals surface area contributed by atoms with Crippen molar-refractivity contribution in [3.05, 3.63) is 0 Å². The fourth-order valence-electron chi connectivity index (χ4n) is 1.96. The largest absolute Gasteiger partial charge is 0.349 e. The van der Waals surface area contributed by atoms with Crippen molar-refractivity contribution in [2.24, 2.45) is 0 Å². The second kappa shape index (κ2) is 4.36. The molecular weight excluding hydrogens is 224 g/mol. The molecular formula is C11H18N2O4. The highest BCUT2D eigenvalue weighted by atomic mass is 16.7. The molecule has 0 aliphatic carbocycles. The topological polar surface area (TPSA) is 67.9 Å². The van der Waals surface area contributed by atoms with Crippen LogP contribution in [0.1, 0.15) is 20.3 Å². The van der Waals surface area contributed by atoms with Gasteiger partial charge in [-0.3, -0.25) is 19.8 Å². The van der Waals surface area contributed by atoms with Crippen LogP contribution in [0.4, 0.5) is 0 Å². The molecule has 2 fully saturated rings. The van der Waals surface area contributed by atoms with Gasteiger partial charge in [0.25, 0.3) is 0 Å². The third-order valence-electron chi connectivity index (χ3n) is 3.08. The zero-order valence-electron chi connectivity index (χ0n) is 10.4. The minimum atomic E-state index is -0.565. The number of amides is 2. The number of ether oxygens (including phenoxy) is 2. The van der Waals surface area contributed by atoms with Crippen LogP contribution in [-0.4, -0.2) is 54.8 Å². The van der Waals surface area contributed by atoms with Crippen LogP contribution in [0, 0.1) is 0 Å². The van der Waals surface area contributed by atoms with Crippen LogP contribution >= 0.6 is 0 Å². The maximum Gasteiger partial charge on any atom is 0.246 e. The Morgan fingerprint density at radius 1 is 1.29 bits per heavy atom. The molecule has 1 unspecified atom stereocenters. The van der Waals surface area contributed by atoms with Crippen molar-refractivity contribution in [2.75, 3.05) is 20.3 Å². The number of nitrogens with one attached hydrogen (secondary N) is 1. The van der Waals surface area contributed by atoms with E-state index in [2.05, 4.69) is 5.32 Å². The maximum absolute atomic E-state index is 11.7. The van der Waals surface area contributed by atoms with Crippen LogP contribution in [0.3, 0.4) is 0 Å². The van der Waals surface area contributed by atoms with E-state index in [4.69, 9.17) is 9.47 Å². The van der Waals surface area contributed by atoms with E-state index in [0.717, 1.165) is 4.90 Å². The Balaban J connectivity index is 1.87. The van der Waals surface area contributed by atoms with E-state index in [9.17, 15) is 9.59 Å². The van der Waals surface area contributed by atoms with Gasteiger partial charge in [-0.05, 0) is 13.8 Å². The number of carbonyl (C=O) groups is 2. The average Bonchev–Trinajstić information content (AvgIpc) is 2.50. The summed E-state index contributed by atoms with van der Waals surface area (Å²) in [6, 6.07) is -0.484. The average molecular weight is 242 g/mol. The summed E-state index contributed by atoms with van der Waals surface area (Å²) in [6.07, 6.45) is 0.217. The Morgan fingerprint density at radius 2 is 1.88 bits per heavy atom. The minimum absolute atomic E-state index is 0.0451. The molecule has 0 bridgehead atoms.